The minimum absolute atomic E-state index is 0.266. The van der Waals surface area contributed by atoms with Gasteiger partial charge in [0.25, 0.3) is 5.91 Å². The van der Waals surface area contributed by atoms with E-state index in [1.165, 1.54) is 17.6 Å². The summed E-state index contributed by atoms with van der Waals surface area (Å²) in [5.41, 5.74) is 4.15. The number of hydrogen-bond acceptors (Lipinski definition) is 7. The summed E-state index contributed by atoms with van der Waals surface area (Å²) in [5.74, 6) is 1.02. The highest BCUT2D eigenvalue weighted by Crippen LogP contribution is 2.26. The second-order valence-electron chi connectivity index (χ2n) is 5.69. The van der Waals surface area contributed by atoms with Crippen molar-refractivity contribution in [3.05, 3.63) is 48.0 Å². The van der Waals surface area contributed by atoms with Crippen LogP contribution in [0.2, 0.25) is 0 Å². The van der Waals surface area contributed by atoms with Crippen molar-refractivity contribution < 1.29 is 14.3 Å². The normalized spacial score (nSPS) is 12.1. The Labute approximate surface area is 161 Å². The molecule has 3 aromatic rings. The van der Waals surface area contributed by atoms with Gasteiger partial charge in [0.15, 0.2) is 5.13 Å². The Morgan fingerprint density at radius 2 is 2.04 bits per heavy atom. The number of carbonyl (C=O) groups is 1. The largest absolute Gasteiger partial charge is 0.497 e. The van der Waals surface area contributed by atoms with E-state index in [0.29, 0.717) is 16.6 Å². The van der Waals surface area contributed by atoms with Crippen LogP contribution < -0.4 is 20.2 Å². The molecule has 3 rings (SSSR count). The van der Waals surface area contributed by atoms with Crippen molar-refractivity contribution in [1.29, 1.82) is 0 Å². The fourth-order valence-corrected chi connectivity index (χ4v) is 3.32. The van der Waals surface area contributed by atoms with Gasteiger partial charge in [-0.1, -0.05) is 23.5 Å². The number of benzene rings is 2. The van der Waals surface area contributed by atoms with Crippen LogP contribution in [0.1, 0.15) is 12.5 Å². The number of aromatic nitrogens is 1. The van der Waals surface area contributed by atoms with Gasteiger partial charge < -0.3 is 14.8 Å². The number of para-hydroxylation sites is 1. The molecule has 140 valence electrons. The lowest BCUT2D eigenvalue weighted by atomic mass is 10.2. The Balaban J connectivity index is 1.60. The van der Waals surface area contributed by atoms with Gasteiger partial charge in [0.05, 0.1) is 30.7 Å². The number of thiazole rings is 1. The van der Waals surface area contributed by atoms with Gasteiger partial charge in [-0.05, 0) is 31.2 Å². The zero-order valence-electron chi connectivity index (χ0n) is 15.2. The molecule has 1 atom stereocenters. The molecular weight excluding hydrogens is 364 g/mol. The van der Waals surface area contributed by atoms with Gasteiger partial charge in [-0.3, -0.25) is 4.79 Å². The molecular formula is C19H20N4O3S. The van der Waals surface area contributed by atoms with E-state index in [0.717, 1.165) is 15.8 Å². The third-order valence-corrected chi connectivity index (χ3v) is 4.81. The monoisotopic (exact) mass is 384 g/mol. The zero-order valence-corrected chi connectivity index (χ0v) is 16.0. The minimum atomic E-state index is -0.486. The third kappa shape index (κ3) is 4.53. The van der Waals surface area contributed by atoms with Crippen LogP contribution in [0.4, 0.5) is 5.13 Å². The Morgan fingerprint density at radius 1 is 1.22 bits per heavy atom. The molecule has 0 saturated carbocycles. The molecule has 1 heterocycles. The number of hydrazone groups is 1. The molecule has 0 fully saturated rings. The summed E-state index contributed by atoms with van der Waals surface area (Å²) in [6.07, 6.45) is 1.53. The van der Waals surface area contributed by atoms with E-state index in [1.807, 2.05) is 24.3 Å². The highest BCUT2D eigenvalue weighted by atomic mass is 32.1. The molecule has 0 aliphatic heterocycles. The van der Waals surface area contributed by atoms with Crippen molar-refractivity contribution in [3.63, 3.8) is 0 Å². The van der Waals surface area contributed by atoms with Crippen molar-refractivity contribution in [2.45, 2.75) is 13.0 Å². The Hall–Kier alpha value is -3.13. The summed E-state index contributed by atoms with van der Waals surface area (Å²) >= 11 is 1.50. The van der Waals surface area contributed by atoms with Crippen molar-refractivity contribution in [3.8, 4) is 11.5 Å². The molecule has 2 aromatic carbocycles. The van der Waals surface area contributed by atoms with Crippen LogP contribution in [0, 0.1) is 0 Å². The van der Waals surface area contributed by atoms with Crippen LogP contribution in [0.15, 0.2) is 47.6 Å². The van der Waals surface area contributed by atoms with Crippen molar-refractivity contribution in [2.24, 2.45) is 5.10 Å². The topological polar surface area (TPSA) is 84.8 Å². The molecule has 1 aromatic heterocycles. The number of rotatable bonds is 7. The van der Waals surface area contributed by atoms with Crippen LogP contribution in [-0.4, -0.2) is 37.4 Å². The van der Waals surface area contributed by atoms with Crippen LogP contribution in [0.25, 0.3) is 10.2 Å². The lowest BCUT2D eigenvalue weighted by molar-refractivity contribution is -0.121. The van der Waals surface area contributed by atoms with E-state index < -0.39 is 6.04 Å². The van der Waals surface area contributed by atoms with Gasteiger partial charge in [-0.15, -0.1) is 0 Å². The first-order chi connectivity index (χ1) is 13.1. The molecule has 0 unspecified atom stereocenters. The van der Waals surface area contributed by atoms with E-state index in [2.05, 4.69) is 20.8 Å². The number of nitrogens with zero attached hydrogens (tertiary/aromatic N) is 2. The summed E-state index contributed by atoms with van der Waals surface area (Å²) in [7, 11) is 3.15. The molecule has 0 aliphatic carbocycles. The van der Waals surface area contributed by atoms with Crippen LogP contribution in [0.5, 0.6) is 11.5 Å². The van der Waals surface area contributed by atoms with E-state index in [4.69, 9.17) is 9.47 Å². The number of methoxy groups -OCH3 is 2. The molecule has 0 bridgehead atoms. The van der Waals surface area contributed by atoms with Gasteiger partial charge in [-0.2, -0.15) is 5.10 Å². The molecule has 7 nitrogen and oxygen atoms in total. The molecule has 27 heavy (non-hydrogen) atoms. The quantitative estimate of drug-likeness (QED) is 0.482. The van der Waals surface area contributed by atoms with Crippen molar-refractivity contribution >= 4 is 38.8 Å². The number of hydrogen-bond donors (Lipinski definition) is 2. The van der Waals surface area contributed by atoms with Crippen LogP contribution >= 0.6 is 11.3 Å². The molecule has 1 amide bonds. The van der Waals surface area contributed by atoms with E-state index in [1.54, 1.807) is 39.3 Å². The van der Waals surface area contributed by atoms with Gasteiger partial charge in [0, 0.05) is 11.6 Å². The average Bonchev–Trinajstić information content (AvgIpc) is 3.10. The van der Waals surface area contributed by atoms with E-state index in [-0.39, 0.29) is 5.91 Å². The lowest BCUT2D eigenvalue weighted by Crippen LogP contribution is -2.34. The Bertz CT molecular complexity index is 937. The molecule has 0 saturated heterocycles. The van der Waals surface area contributed by atoms with Gasteiger partial charge in [-0.25, -0.2) is 10.4 Å². The first-order valence-electron chi connectivity index (χ1n) is 8.27. The number of carbonyl (C=O) groups excluding carboxylic acids is 1. The van der Waals surface area contributed by atoms with Crippen LogP contribution in [0.3, 0.4) is 0 Å². The number of nitrogens with one attached hydrogen (secondary N) is 2. The molecule has 8 heteroatoms. The minimum Gasteiger partial charge on any atom is -0.497 e. The predicted octanol–water partition coefficient (Wildman–Crippen LogP) is 3.26. The summed E-state index contributed by atoms with van der Waals surface area (Å²) in [6.45, 7) is 1.75. The van der Waals surface area contributed by atoms with Gasteiger partial charge in [0.1, 0.15) is 17.5 Å². The highest BCUT2D eigenvalue weighted by Gasteiger charge is 2.14. The molecule has 0 radical (unpaired) electrons. The van der Waals surface area contributed by atoms with E-state index >= 15 is 0 Å². The van der Waals surface area contributed by atoms with Crippen molar-refractivity contribution in [2.75, 3.05) is 19.5 Å². The molecule has 0 spiro atoms. The predicted molar refractivity (Wildman–Crippen MR) is 108 cm³/mol. The first-order valence-corrected chi connectivity index (χ1v) is 9.09. The Kier molecular flexibility index (Phi) is 5.87. The number of ether oxygens (including phenoxy) is 2. The van der Waals surface area contributed by atoms with Gasteiger partial charge in [0.2, 0.25) is 0 Å². The second kappa shape index (κ2) is 8.50. The summed E-state index contributed by atoms with van der Waals surface area (Å²) in [4.78, 5) is 16.7. The summed E-state index contributed by atoms with van der Waals surface area (Å²) in [6, 6.07) is 12.7. The second-order valence-corrected chi connectivity index (χ2v) is 6.73. The Morgan fingerprint density at radius 3 is 2.78 bits per heavy atom. The summed E-state index contributed by atoms with van der Waals surface area (Å²) < 4.78 is 11.5. The fraction of sp³-hybridized carbons (Fsp3) is 0.211. The maximum atomic E-state index is 12.2. The highest BCUT2D eigenvalue weighted by molar-refractivity contribution is 7.22. The lowest BCUT2D eigenvalue weighted by Gasteiger charge is -2.10. The number of fused-ring (bicyclic) bond motifs is 1. The van der Waals surface area contributed by atoms with E-state index in [9.17, 15) is 4.79 Å². The van der Waals surface area contributed by atoms with Crippen molar-refractivity contribution in [1.82, 2.24) is 10.4 Å². The average molecular weight is 384 g/mol. The number of anilines is 1. The SMILES string of the molecule is COc1ccc(/C=N\NC(=O)[C@@H](C)Nc2nc3ccccc3s2)c(OC)c1. The third-order valence-electron chi connectivity index (χ3n) is 3.85. The smallest absolute Gasteiger partial charge is 0.262 e. The van der Waals surface area contributed by atoms with Gasteiger partial charge >= 0.3 is 0 Å². The molecule has 2 N–H and O–H groups in total. The standard InChI is InChI=1S/C19H20N4O3S/c1-12(21-19-22-15-6-4-5-7-17(15)27-19)18(24)23-20-11-13-8-9-14(25-2)10-16(13)26-3/h4-12H,1-3H3,(H,21,22)(H,23,24)/b20-11-/t12-/m1/s1. The zero-order chi connectivity index (χ0) is 19.2. The maximum absolute atomic E-state index is 12.2. The van der Waals surface area contributed by atoms with Crippen LogP contribution in [-0.2, 0) is 4.79 Å². The molecule has 0 aliphatic rings. The maximum Gasteiger partial charge on any atom is 0.262 e. The fourth-order valence-electron chi connectivity index (χ4n) is 2.37. The summed E-state index contributed by atoms with van der Waals surface area (Å²) in [5, 5.41) is 7.80. The first kappa shape index (κ1) is 18.7. The number of amides is 1.